The second-order valence-electron chi connectivity index (χ2n) is 5.92. The number of fused-ring (bicyclic) bond motifs is 1. The first kappa shape index (κ1) is 13.5. The molecule has 1 heterocycles. The third-order valence-electron chi connectivity index (χ3n) is 4.28. The van der Waals surface area contributed by atoms with E-state index in [0.717, 1.165) is 16.9 Å². The van der Waals surface area contributed by atoms with E-state index in [0.29, 0.717) is 25.7 Å². The van der Waals surface area contributed by atoms with Crippen molar-refractivity contribution in [2.24, 2.45) is 5.73 Å². The van der Waals surface area contributed by atoms with Gasteiger partial charge in [0.25, 0.3) is 0 Å². The number of hydrogen-bond donors (Lipinski definition) is 2. The van der Waals surface area contributed by atoms with Gasteiger partial charge in [-0.2, -0.15) is 0 Å². The number of hydrogen-bond acceptors (Lipinski definition) is 2. The Bertz CT molecular complexity index is 563. The molecule has 1 aromatic heterocycles. The third kappa shape index (κ3) is 2.82. The first-order valence-corrected chi connectivity index (χ1v) is 7.06. The summed E-state index contributed by atoms with van der Waals surface area (Å²) in [4.78, 5) is 7.75. The largest absolute Gasteiger partial charge is 0.342 e. The maximum absolute atomic E-state index is 13.2. The topological polar surface area (TPSA) is 54.7 Å². The van der Waals surface area contributed by atoms with Crippen LogP contribution in [0.5, 0.6) is 0 Å². The van der Waals surface area contributed by atoms with Crippen molar-refractivity contribution in [3.05, 3.63) is 30.1 Å². The van der Waals surface area contributed by atoms with Crippen LogP contribution in [-0.4, -0.2) is 21.4 Å². The zero-order valence-electron chi connectivity index (χ0n) is 11.3. The van der Waals surface area contributed by atoms with Crippen LogP contribution in [0.25, 0.3) is 11.0 Å². The van der Waals surface area contributed by atoms with Gasteiger partial charge in [0.15, 0.2) is 0 Å². The summed E-state index contributed by atoms with van der Waals surface area (Å²) in [6, 6.07) is 7.83. The molecule has 2 aromatic rings. The SMILES string of the molecule is NC1(CCc2nc3ccccc3[nH]2)CCC(F)(F)CC1. The number of nitrogens with one attached hydrogen (secondary N) is 1. The van der Waals surface area contributed by atoms with Crippen LogP contribution in [0.4, 0.5) is 8.78 Å². The average molecular weight is 279 g/mol. The Morgan fingerprint density at radius 1 is 1.15 bits per heavy atom. The number of benzene rings is 1. The van der Waals surface area contributed by atoms with E-state index < -0.39 is 11.5 Å². The van der Waals surface area contributed by atoms with E-state index in [1.807, 2.05) is 24.3 Å². The zero-order chi connectivity index (χ0) is 14.2. The number of nitrogens with two attached hydrogens (primary N) is 1. The maximum atomic E-state index is 13.2. The smallest absolute Gasteiger partial charge is 0.248 e. The van der Waals surface area contributed by atoms with Crippen molar-refractivity contribution in [2.75, 3.05) is 0 Å². The molecule has 0 saturated heterocycles. The number of halogens is 2. The summed E-state index contributed by atoms with van der Waals surface area (Å²) in [7, 11) is 0. The fraction of sp³-hybridized carbons (Fsp3) is 0.533. The summed E-state index contributed by atoms with van der Waals surface area (Å²) in [6.45, 7) is 0. The van der Waals surface area contributed by atoms with Crippen LogP contribution in [0.15, 0.2) is 24.3 Å². The Labute approximate surface area is 116 Å². The number of para-hydroxylation sites is 2. The molecule has 0 aliphatic heterocycles. The van der Waals surface area contributed by atoms with Crippen molar-refractivity contribution in [2.45, 2.75) is 50.0 Å². The predicted molar refractivity (Wildman–Crippen MR) is 74.7 cm³/mol. The number of imidazole rings is 1. The molecule has 3 nitrogen and oxygen atoms in total. The second kappa shape index (κ2) is 4.81. The summed E-state index contributed by atoms with van der Waals surface area (Å²) in [5.74, 6) is -1.64. The average Bonchev–Trinajstić information content (AvgIpc) is 2.84. The van der Waals surface area contributed by atoms with E-state index >= 15 is 0 Å². The Morgan fingerprint density at radius 2 is 1.85 bits per heavy atom. The van der Waals surface area contributed by atoms with Gasteiger partial charge in [-0.3, -0.25) is 0 Å². The van der Waals surface area contributed by atoms with Gasteiger partial charge in [0.2, 0.25) is 5.92 Å². The standard InChI is InChI=1S/C15H19F2N3/c16-15(17)9-7-14(18,8-10-15)6-5-13-19-11-3-1-2-4-12(11)20-13/h1-4H,5-10,18H2,(H,19,20). The van der Waals surface area contributed by atoms with Crippen molar-refractivity contribution < 1.29 is 8.78 Å². The van der Waals surface area contributed by atoms with Gasteiger partial charge in [-0.05, 0) is 31.4 Å². The van der Waals surface area contributed by atoms with Crippen LogP contribution in [0.2, 0.25) is 0 Å². The second-order valence-corrected chi connectivity index (χ2v) is 5.92. The first-order chi connectivity index (χ1) is 9.46. The van der Waals surface area contributed by atoms with Gasteiger partial charge in [0, 0.05) is 24.8 Å². The number of rotatable bonds is 3. The monoisotopic (exact) mass is 279 g/mol. The molecule has 0 spiro atoms. The fourth-order valence-corrected chi connectivity index (χ4v) is 2.86. The molecular weight excluding hydrogens is 260 g/mol. The number of aromatic amines is 1. The van der Waals surface area contributed by atoms with Crippen LogP contribution < -0.4 is 5.73 Å². The van der Waals surface area contributed by atoms with Gasteiger partial charge in [0.05, 0.1) is 11.0 Å². The minimum Gasteiger partial charge on any atom is -0.342 e. The van der Waals surface area contributed by atoms with E-state index in [9.17, 15) is 8.78 Å². The van der Waals surface area contributed by atoms with Gasteiger partial charge in [-0.1, -0.05) is 12.1 Å². The van der Waals surface area contributed by atoms with Crippen molar-refractivity contribution in [3.63, 3.8) is 0 Å². The number of nitrogens with zero attached hydrogens (tertiary/aromatic N) is 1. The van der Waals surface area contributed by atoms with Gasteiger partial charge in [-0.15, -0.1) is 0 Å². The molecule has 20 heavy (non-hydrogen) atoms. The molecule has 108 valence electrons. The molecule has 3 rings (SSSR count). The molecule has 0 unspecified atom stereocenters. The molecule has 1 aliphatic carbocycles. The number of aromatic nitrogens is 2. The maximum Gasteiger partial charge on any atom is 0.248 e. The van der Waals surface area contributed by atoms with E-state index in [2.05, 4.69) is 9.97 Å². The minimum absolute atomic E-state index is 0.0936. The van der Waals surface area contributed by atoms with Gasteiger partial charge in [-0.25, -0.2) is 13.8 Å². The lowest BCUT2D eigenvalue weighted by atomic mass is 9.78. The Morgan fingerprint density at radius 3 is 2.55 bits per heavy atom. The minimum atomic E-state index is -2.53. The summed E-state index contributed by atoms with van der Waals surface area (Å²) in [6.07, 6.45) is 1.99. The van der Waals surface area contributed by atoms with Gasteiger partial charge < -0.3 is 10.7 Å². The van der Waals surface area contributed by atoms with Crippen LogP contribution in [0.1, 0.15) is 37.9 Å². The summed E-state index contributed by atoms with van der Waals surface area (Å²) < 4.78 is 26.4. The lowest BCUT2D eigenvalue weighted by Crippen LogP contribution is -2.46. The molecule has 1 aliphatic rings. The number of H-pyrrole nitrogens is 1. The highest BCUT2D eigenvalue weighted by Gasteiger charge is 2.40. The fourth-order valence-electron chi connectivity index (χ4n) is 2.86. The van der Waals surface area contributed by atoms with Crippen molar-refractivity contribution >= 4 is 11.0 Å². The third-order valence-corrected chi connectivity index (χ3v) is 4.28. The molecule has 5 heteroatoms. The van der Waals surface area contributed by atoms with Crippen LogP contribution in [-0.2, 0) is 6.42 Å². The van der Waals surface area contributed by atoms with E-state index in [1.165, 1.54) is 0 Å². The highest BCUT2D eigenvalue weighted by Crippen LogP contribution is 2.39. The van der Waals surface area contributed by atoms with Gasteiger partial charge in [0.1, 0.15) is 5.82 Å². The van der Waals surface area contributed by atoms with Crippen LogP contribution in [0.3, 0.4) is 0 Å². The van der Waals surface area contributed by atoms with Crippen molar-refractivity contribution in [1.82, 2.24) is 9.97 Å². The molecule has 3 N–H and O–H groups in total. The van der Waals surface area contributed by atoms with E-state index in [-0.39, 0.29) is 12.8 Å². The van der Waals surface area contributed by atoms with E-state index in [1.54, 1.807) is 0 Å². The van der Waals surface area contributed by atoms with Crippen LogP contribution >= 0.6 is 0 Å². The normalized spacial score (nSPS) is 21.1. The molecule has 0 atom stereocenters. The molecular formula is C15H19F2N3. The van der Waals surface area contributed by atoms with E-state index in [4.69, 9.17) is 5.73 Å². The molecule has 0 radical (unpaired) electrons. The zero-order valence-corrected chi connectivity index (χ0v) is 11.3. The highest BCUT2D eigenvalue weighted by molar-refractivity contribution is 5.74. The lowest BCUT2D eigenvalue weighted by Gasteiger charge is -2.37. The van der Waals surface area contributed by atoms with Crippen LogP contribution in [0, 0.1) is 0 Å². The molecule has 0 bridgehead atoms. The molecule has 1 fully saturated rings. The molecule has 1 saturated carbocycles. The summed E-state index contributed by atoms with van der Waals surface area (Å²) in [5.41, 5.74) is 7.71. The quantitative estimate of drug-likeness (QED) is 0.904. The van der Waals surface area contributed by atoms with Crippen molar-refractivity contribution in [1.29, 1.82) is 0 Å². The predicted octanol–water partition coefficient (Wildman–Crippen LogP) is 3.40. The Hall–Kier alpha value is -1.49. The van der Waals surface area contributed by atoms with Crippen molar-refractivity contribution in [3.8, 4) is 0 Å². The Kier molecular flexibility index (Phi) is 3.24. The first-order valence-electron chi connectivity index (χ1n) is 7.06. The molecule has 1 aromatic carbocycles. The lowest BCUT2D eigenvalue weighted by molar-refractivity contribution is -0.0515. The summed E-state index contributed by atoms with van der Waals surface area (Å²) >= 11 is 0. The summed E-state index contributed by atoms with van der Waals surface area (Å²) in [5, 5.41) is 0. The number of alkyl halides is 2. The highest BCUT2D eigenvalue weighted by atomic mass is 19.3. The van der Waals surface area contributed by atoms with Gasteiger partial charge >= 0.3 is 0 Å². The molecule has 0 amide bonds. The Balaban J connectivity index is 1.64. The number of aryl methyl sites for hydroxylation is 1.